The Labute approximate surface area is 216 Å². The number of carbonyl (C=O) groups is 1. The lowest BCUT2D eigenvalue weighted by Gasteiger charge is -2.65. The molecule has 36 heavy (non-hydrogen) atoms. The van der Waals surface area contributed by atoms with E-state index in [2.05, 4.69) is 40.7 Å². The number of aliphatic hydroxyl groups excluding tert-OH is 3. The molecule has 5 rings (SSSR count). The second-order valence-corrected chi connectivity index (χ2v) is 14.8. The molecular weight excluding hydrogens is 456 g/mol. The van der Waals surface area contributed by atoms with Gasteiger partial charge in [-0.2, -0.15) is 0 Å². The maximum atomic E-state index is 13.1. The number of cyclic esters (lactones) is 1. The number of ether oxygens (including phenoxy) is 1. The highest BCUT2D eigenvalue weighted by Gasteiger charge is 2.69. The van der Waals surface area contributed by atoms with Crippen molar-refractivity contribution in [1.29, 1.82) is 0 Å². The third-order valence-electron chi connectivity index (χ3n) is 12.6. The van der Waals surface area contributed by atoms with Crippen molar-refractivity contribution in [2.75, 3.05) is 0 Å². The van der Waals surface area contributed by atoms with Crippen molar-refractivity contribution in [3.8, 4) is 0 Å². The minimum atomic E-state index is -1.36. The summed E-state index contributed by atoms with van der Waals surface area (Å²) in [4.78, 5) is 13.1. The SMILES string of the molecule is CC(C)(O)[C@@H](O)[C@H]1C[C@@H]([C@@H]2CC[C@]3(C)C4=CC[C@H]5C(C)(C)[C@@H](O)CC[C@]5(C)[C@H]4C[C@@H](O)[C@@]23C)C(=O)O1. The summed E-state index contributed by atoms with van der Waals surface area (Å²) in [6.45, 7) is 14.4. The summed E-state index contributed by atoms with van der Waals surface area (Å²) in [7, 11) is 0. The molecule has 0 unspecified atom stereocenters. The van der Waals surface area contributed by atoms with Crippen molar-refractivity contribution >= 4 is 5.97 Å². The lowest BCUT2D eigenvalue weighted by Crippen LogP contribution is -2.61. The predicted molar refractivity (Wildman–Crippen MR) is 137 cm³/mol. The summed E-state index contributed by atoms with van der Waals surface area (Å²) in [6.07, 6.45) is 5.27. The molecule has 0 aromatic heterocycles. The third-order valence-corrected chi connectivity index (χ3v) is 12.6. The maximum absolute atomic E-state index is 13.1. The van der Waals surface area contributed by atoms with E-state index in [4.69, 9.17) is 4.74 Å². The maximum Gasteiger partial charge on any atom is 0.309 e. The standard InChI is InChI=1S/C30H48O6/c1-26(2)21-9-8-18-19(28(21,5)12-11-22(26)31)15-23(32)30(7)17(10-13-29(18,30)6)16-14-20(36-25(16)34)24(33)27(3,4)35/h8,16-17,19-24,31-33,35H,9-15H2,1-7H3/t16-,17-,19-,20+,21-,22-,23+,24-,28+,29+,30+/m0/s1. The van der Waals surface area contributed by atoms with Gasteiger partial charge in [0.2, 0.25) is 0 Å². The molecule has 3 saturated carbocycles. The molecule has 1 aliphatic heterocycles. The first kappa shape index (κ1) is 26.6. The zero-order valence-electron chi connectivity index (χ0n) is 23.3. The van der Waals surface area contributed by atoms with Crippen LogP contribution in [0.2, 0.25) is 0 Å². The van der Waals surface area contributed by atoms with Crippen LogP contribution in [0.3, 0.4) is 0 Å². The highest BCUT2D eigenvalue weighted by molar-refractivity contribution is 5.75. The van der Waals surface area contributed by atoms with Crippen LogP contribution in [0.4, 0.5) is 0 Å². The Bertz CT molecular complexity index is 950. The van der Waals surface area contributed by atoms with Gasteiger partial charge in [-0.05, 0) is 86.4 Å². The normalized spacial score (nSPS) is 51.0. The highest BCUT2D eigenvalue weighted by atomic mass is 16.6. The van der Waals surface area contributed by atoms with Crippen LogP contribution < -0.4 is 0 Å². The molecule has 5 aliphatic rings. The van der Waals surface area contributed by atoms with E-state index in [0.717, 1.165) is 32.1 Å². The van der Waals surface area contributed by atoms with Gasteiger partial charge in [0.1, 0.15) is 12.2 Å². The molecule has 4 aliphatic carbocycles. The first-order valence-electron chi connectivity index (χ1n) is 14.2. The van der Waals surface area contributed by atoms with E-state index < -0.39 is 29.3 Å². The van der Waals surface area contributed by atoms with Crippen LogP contribution in [-0.2, 0) is 9.53 Å². The van der Waals surface area contributed by atoms with E-state index in [9.17, 15) is 25.2 Å². The van der Waals surface area contributed by atoms with E-state index in [0.29, 0.717) is 18.8 Å². The zero-order chi connectivity index (χ0) is 26.6. The molecule has 6 nitrogen and oxygen atoms in total. The smallest absolute Gasteiger partial charge is 0.309 e. The molecule has 0 spiro atoms. The van der Waals surface area contributed by atoms with E-state index in [1.54, 1.807) is 0 Å². The van der Waals surface area contributed by atoms with Gasteiger partial charge in [-0.3, -0.25) is 4.79 Å². The average Bonchev–Trinajstić information content (AvgIpc) is 3.29. The molecule has 0 radical (unpaired) electrons. The van der Waals surface area contributed by atoms with Gasteiger partial charge in [0.05, 0.1) is 23.7 Å². The number of allylic oxidation sites excluding steroid dienone is 2. The lowest BCUT2D eigenvalue weighted by molar-refractivity contribution is -0.165. The fourth-order valence-corrected chi connectivity index (χ4v) is 10.0. The Morgan fingerprint density at radius 2 is 1.69 bits per heavy atom. The molecule has 11 atom stereocenters. The van der Waals surface area contributed by atoms with Gasteiger partial charge in [0, 0.05) is 11.8 Å². The van der Waals surface area contributed by atoms with Crippen LogP contribution >= 0.6 is 0 Å². The zero-order valence-corrected chi connectivity index (χ0v) is 23.3. The van der Waals surface area contributed by atoms with Crippen molar-refractivity contribution < 1.29 is 30.0 Å². The Morgan fingerprint density at radius 3 is 2.33 bits per heavy atom. The van der Waals surface area contributed by atoms with Gasteiger partial charge in [0.15, 0.2) is 0 Å². The molecule has 0 aromatic carbocycles. The van der Waals surface area contributed by atoms with Gasteiger partial charge in [0.25, 0.3) is 0 Å². The van der Waals surface area contributed by atoms with Gasteiger partial charge >= 0.3 is 5.97 Å². The Balaban J connectivity index is 1.48. The minimum Gasteiger partial charge on any atom is -0.459 e. The monoisotopic (exact) mass is 504 g/mol. The summed E-state index contributed by atoms with van der Waals surface area (Å²) in [5.74, 6) is -0.0908. The van der Waals surface area contributed by atoms with Crippen LogP contribution in [0.5, 0.6) is 0 Å². The second-order valence-electron chi connectivity index (χ2n) is 14.8. The summed E-state index contributed by atoms with van der Waals surface area (Å²) in [5.41, 5.74) is -0.717. The number of aliphatic hydroxyl groups is 4. The van der Waals surface area contributed by atoms with Gasteiger partial charge < -0.3 is 25.2 Å². The predicted octanol–water partition coefficient (Wildman–Crippen LogP) is 3.99. The first-order valence-corrected chi connectivity index (χ1v) is 14.2. The summed E-state index contributed by atoms with van der Waals surface area (Å²) >= 11 is 0. The molecule has 4 N–H and O–H groups in total. The fourth-order valence-electron chi connectivity index (χ4n) is 10.0. The van der Waals surface area contributed by atoms with E-state index in [1.165, 1.54) is 19.4 Å². The minimum absolute atomic E-state index is 0.0322. The topological polar surface area (TPSA) is 107 Å². The first-order chi connectivity index (χ1) is 16.5. The van der Waals surface area contributed by atoms with Crippen molar-refractivity contribution in [2.45, 2.75) is 123 Å². The molecule has 6 heteroatoms. The third kappa shape index (κ3) is 3.32. The average molecular weight is 505 g/mol. The molecule has 0 amide bonds. The van der Waals surface area contributed by atoms with Crippen molar-refractivity contribution in [3.63, 3.8) is 0 Å². The number of rotatable bonds is 3. The Morgan fingerprint density at radius 1 is 1.03 bits per heavy atom. The fraction of sp³-hybridized carbons (Fsp3) is 0.900. The molecule has 1 heterocycles. The summed E-state index contributed by atoms with van der Waals surface area (Å²) in [5, 5.41) is 43.7. The van der Waals surface area contributed by atoms with Crippen molar-refractivity contribution in [3.05, 3.63) is 11.6 Å². The Kier molecular flexibility index (Phi) is 5.95. The molecule has 4 fully saturated rings. The second kappa shape index (κ2) is 8.03. The molecule has 0 aromatic rings. The number of fused-ring (bicyclic) bond motifs is 5. The lowest BCUT2D eigenvalue weighted by atomic mass is 9.40. The molecule has 1 saturated heterocycles. The van der Waals surface area contributed by atoms with Crippen molar-refractivity contribution in [1.82, 2.24) is 0 Å². The number of carbonyl (C=O) groups excluding carboxylic acids is 1. The number of esters is 1. The molecular formula is C30H48O6. The quantitative estimate of drug-likeness (QED) is 0.342. The summed E-state index contributed by atoms with van der Waals surface area (Å²) in [6, 6.07) is 0. The van der Waals surface area contributed by atoms with Crippen LogP contribution in [0.15, 0.2) is 11.6 Å². The van der Waals surface area contributed by atoms with Gasteiger partial charge in [-0.1, -0.05) is 46.3 Å². The van der Waals surface area contributed by atoms with E-state index in [1.807, 2.05) is 0 Å². The number of hydrogen-bond acceptors (Lipinski definition) is 6. The van der Waals surface area contributed by atoms with Gasteiger partial charge in [-0.25, -0.2) is 0 Å². The van der Waals surface area contributed by atoms with Crippen LogP contribution in [-0.4, -0.2) is 56.4 Å². The highest BCUT2D eigenvalue weighted by Crippen LogP contribution is 2.73. The van der Waals surface area contributed by atoms with Crippen LogP contribution in [0, 0.1) is 45.3 Å². The summed E-state index contributed by atoms with van der Waals surface area (Å²) < 4.78 is 5.62. The van der Waals surface area contributed by atoms with E-state index in [-0.39, 0.29) is 46.1 Å². The molecule has 204 valence electrons. The molecule has 0 bridgehead atoms. The van der Waals surface area contributed by atoms with Crippen LogP contribution in [0.25, 0.3) is 0 Å². The van der Waals surface area contributed by atoms with Gasteiger partial charge in [-0.15, -0.1) is 0 Å². The van der Waals surface area contributed by atoms with Crippen LogP contribution in [0.1, 0.15) is 93.4 Å². The largest absolute Gasteiger partial charge is 0.459 e. The van der Waals surface area contributed by atoms with Crippen molar-refractivity contribution in [2.24, 2.45) is 45.3 Å². The Hall–Kier alpha value is -0.950. The number of hydrogen-bond donors (Lipinski definition) is 4. The van der Waals surface area contributed by atoms with E-state index >= 15 is 0 Å².